The predicted octanol–water partition coefficient (Wildman–Crippen LogP) is 3.34. The van der Waals surface area contributed by atoms with Crippen molar-refractivity contribution in [2.24, 2.45) is 0 Å². The molecule has 2 aromatic carbocycles. The number of carbonyl (C=O) groups is 1. The molecule has 6 nitrogen and oxygen atoms in total. The zero-order valence-electron chi connectivity index (χ0n) is 19.1. The van der Waals surface area contributed by atoms with Crippen LogP contribution in [0.4, 0.5) is 0 Å². The molecule has 1 unspecified atom stereocenters. The molecule has 1 aromatic heterocycles. The summed E-state index contributed by atoms with van der Waals surface area (Å²) in [6, 6.07) is 14.8. The highest BCUT2D eigenvalue weighted by Gasteiger charge is 2.34. The molecular weight excluding hydrogens is 412 g/mol. The molecular formula is C27H30N4O2. The van der Waals surface area contributed by atoms with E-state index < -0.39 is 0 Å². The monoisotopic (exact) mass is 442 g/mol. The molecule has 1 amide bonds. The standard InChI is InChI=1S/C27H30N4O2/c1-29-13-15-30(16-14-29)11-9-25(32)31-12-8-22-21-4-2-3-5-23(21)28-26(22)27(31)20-6-7-24-19(18-20)10-17-33-24/h2-7,9,11,18,27-28H,8,10,12-17H2,1H3. The zero-order valence-corrected chi connectivity index (χ0v) is 19.1. The lowest BCUT2D eigenvalue weighted by molar-refractivity contribution is -0.128. The first-order valence-corrected chi connectivity index (χ1v) is 11.9. The van der Waals surface area contributed by atoms with Gasteiger partial charge in [0, 0.05) is 68.0 Å². The number of aromatic amines is 1. The highest BCUT2D eigenvalue weighted by atomic mass is 16.5. The lowest BCUT2D eigenvalue weighted by atomic mass is 9.91. The van der Waals surface area contributed by atoms with Crippen LogP contribution >= 0.6 is 0 Å². The molecule has 1 atom stereocenters. The third kappa shape index (κ3) is 3.68. The van der Waals surface area contributed by atoms with E-state index in [0.717, 1.165) is 68.2 Å². The van der Waals surface area contributed by atoms with Crippen molar-refractivity contribution in [1.29, 1.82) is 0 Å². The van der Waals surface area contributed by atoms with Crippen molar-refractivity contribution >= 4 is 16.8 Å². The molecule has 0 radical (unpaired) electrons. The summed E-state index contributed by atoms with van der Waals surface area (Å²) in [5.41, 5.74) is 5.99. The van der Waals surface area contributed by atoms with Crippen molar-refractivity contribution in [1.82, 2.24) is 19.7 Å². The average Bonchev–Trinajstić information content (AvgIpc) is 3.46. The number of piperazine rings is 1. The van der Waals surface area contributed by atoms with Crippen LogP contribution in [0.15, 0.2) is 54.7 Å². The summed E-state index contributed by atoms with van der Waals surface area (Å²) < 4.78 is 5.74. The van der Waals surface area contributed by atoms with Crippen LogP contribution in [0.5, 0.6) is 5.75 Å². The van der Waals surface area contributed by atoms with Crippen molar-refractivity contribution < 1.29 is 9.53 Å². The molecule has 1 N–H and O–H groups in total. The average molecular weight is 443 g/mol. The van der Waals surface area contributed by atoms with Gasteiger partial charge in [0.05, 0.1) is 12.6 Å². The van der Waals surface area contributed by atoms with Crippen LogP contribution in [0.2, 0.25) is 0 Å². The summed E-state index contributed by atoms with van der Waals surface area (Å²) >= 11 is 0. The van der Waals surface area contributed by atoms with Crippen LogP contribution in [-0.2, 0) is 17.6 Å². The minimum atomic E-state index is -0.128. The van der Waals surface area contributed by atoms with E-state index in [0.29, 0.717) is 6.54 Å². The number of nitrogens with one attached hydrogen (secondary N) is 1. The number of para-hydroxylation sites is 1. The van der Waals surface area contributed by atoms with E-state index in [1.54, 1.807) is 6.08 Å². The number of amides is 1. The second kappa shape index (κ2) is 8.27. The van der Waals surface area contributed by atoms with E-state index in [-0.39, 0.29) is 11.9 Å². The molecule has 1 saturated heterocycles. The normalized spacial score (nSPS) is 20.8. The Hall–Kier alpha value is -3.25. The second-order valence-electron chi connectivity index (χ2n) is 9.37. The second-order valence-corrected chi connectivity index (χ2v) is 9.37. The Morgan fingerprint density at radius 1 is 1.06 bits per heavy atom. The third-order valence-corrected chi connectivity index (χ3v) is 7.31. The Kier molecular flexibility index (Phi) is 5.10. The molecule has 170 valence electrons. The third-order valence-electron chi connectivity index (χ3n) is 7.31. The molecule has 3 aliphatic rings. The van der Waals surface area contributed by atoms with Crippen molar-refractivity contribution in [3.63, 3.8) is 0 Å². The Morgan fingerprint density at radius 2 is 1.91 bits per heavy atom. The number of benzene rings is 2. The fourth-order valence-electron chi connectivity index (χ4n) is 5.44. The highest BCUT2D eigenvalue weighted by molar-refractivity contribution is 5.90. The summed E-state index contributed by atoms with van der Waals surface area (Å²) in [5, 5.41) is 1.27. The fourth-order valence-corrected chi connectivity index (χ4v) is 5.44. The number of carbonyl (C=O) groups excluding carboxylic acids is 1. The number of ether oxygens (including phenoxy) is 1. The van der Waals surface area contributed by atoms with Crippen LogP contribution in [-0.4, -0.2) is 72.0 Å². The maximum absolute atomic E-state index is 13.5. The van der Waals surface area contributed by atoms with E-state index in [2.05, 4.69) is 64.3 Å². The summed E-state index contributed by atoms with van der Waals surface area (Å²) in [6.07, 6.45) is 5.54. The van der Waals surface area contributed by atoms with Crippen molar-refractivity contribution in [2.45, 2.75) is 18.9 Å². The number of hydrogen-bond donors (Lipinski definition) is 1. The van der Waals surface area contributed by atoms with Crippen molar-refractivity contribution in [3.8, 4) is 5.75 Å². The van der Waals surface area contributed by atoms with E-state index in [1.165, 1.54) is 16.5 Å². The quantitative estimate of drug-likeness (QED) is 0.632. The molecule has 1 fully saturated rings. The van der Waals surface area contributed by atoms with Gasteiger partial charge in [-0.05, 0) is 48.4 Å². The van der Waals surface area contributed by atoms with Crippen LogP contribution < -0.4 is 4.74 Å². The first kappa shape index (κ1) is 20.4. The number of hydrogen-bond acceptors (Lipinski definition) is 4. The van der Waals surface area contributed by atoms with Crippen LogP contribution in [0, 0.1) is 0 Å². The van der Waals surface area contributed by atoms with Gasteiger partial charge in [0.25, 0.3) is 0 Å². The number of nitrogens with zero attached hydrogens (tertiary/aromatic N) is 3. The SMILES string of the molecule is CN1CCN(C=CC(=O)N2CCc3c([nH]c4ccccc34)C2c2ccc3c(c2)CCO3)CC1. The Labute approximate surface area is 194 Å². The minimum Gasteiger partial charge on any atom is -0.493 e. The number of aromatic nitrogens is 1. The van der Waals surface area contributed by atoms with Crippen LogP contribution in [0.25, 0.3) is 10.9 Å². The molecule has 4 heterocycles. The fraction of sp³-hybridized carbons (Fsp3) is 0.370. The highest BCUT2D eigenvalue weighted by Crippen LogP contribution is 2.40. The summed E-state index contributed by atoms with van der Waals surface area (Å²) in [7, 11) is 2.14. The topological polar surface area (TPSA) is 51.8 Å². The molecule has 0 bridgehead atoms. The molecule has 3 aromatic rings. The van der Waals surface area contributed by atoms with Gasteiger partial charge in [0.1, 0.15) is 5.75 Å². The lowest BCUT2D eigenvalue weighted by Crippen LogP contribution is -2.42. The molecule has 6 heteroatoms. The Morgan fingerprint density at radius 3 is 2.79 bits per heavy atom. The Balaban J connectivity index is 1.36. The summed E-state index contributed by atoms with van der Waals surface area (Å²) in [4.78, 5) is 23.8. The first-order valence-electron chi connectivity index (χ1n) is 11.9. The van der Waals surface area contributed by atoms with Gasteiger partial charge in [0.15, 0.2) is 0 Å². The van der Waals surface area contributed by atoms with Gasteiger partial charge in [-0.3, -0.25) is 4.79 Å². The molecule has 33 heavy (non-hydrogen) atoms. The van der Waals surface area contributed by atoms with E-state index in [4.69, 9.17) is 4.74 Å². The van der Waals surface area contributed by atoms with E-state index in [1.807, 2.05) is 11.1 Å². The summed E-state index contributed by atoms with van der Waals surface area (Å²) in [5.74, 6) is 1.04. The molecule has 0 aliphatic carbocycles. The van der Waals surface area contributed by atoms with Crippen LogP contribution in [0.1, 0.15) is 28.4 Å². The zero-order chi connectivity index (χ0) is 22.4. The van der Waals surface area contributed by atoms with Gasteiger partial charge in [-0.2, -0.15) is 0 Å². The molecule has 6 rings (SSSR count). The summed E-state index contributed by atoms with van der Waals surface area (Å²) in [6.45, 7) is 5.42. The minimum absolute atomic E-state index is 0.0694. The molecule has 0 saturated carbocycles. The van der Waals surface area contributed by atoms with Gasteiger partial charge >= 0.3 is 0 Å². The maximum Gasteiger partial charge on any atom is 0.248 e. The van der Waals surface area contributed by atoms with Gasteiger partial charge in [-0.1, -0.05) is 24.3 Å². The largest absolute Gasteiger partial charge is 0.493 e. The van der Waals surface area contributed by atoms with E-state index in [9.17, 15) is 4.79 Å². The number of likely N-dealkylation sites (N-methyl/N-ethyl adjacent to an activating group) is 1. The number of rotatable bonds is 3. The van der Waals surface area contributed by atoms with Gasteiger partial charge in [0.2, 0.25) is 5.91 Å². The number of H-pyrrole nitrogens is 1. The Bertz CT molecular complexity index is 1220. The smallest absolute Gasteiger partial charge is 0.248 e. The van der Waals surface area contributed by atoms with Crippen LogP contribution in [0.3, 0.4) is 0 Å². The lowest BCUT2D eigenvalue weighted by Gasteiger charge is -2.36. The van der Waals surface area contributed by atoms with Crippen molar-refractivity contribution in [2.75, 3.05) is 46.4 Å². The molecule has 3 aliphatic heterocycles. The van der Waals surface area contributed by atoms with Gasteiger partial charge in [-0.15, -0.1) is 0 Å². The van der Waals surface area contributed by atoms with Gasteiger partial charge < -0.3 is 24.4 Å². The predicted molar refractivity (Wildman–Crippen MR) is 129 cm³/mol. The maximum atomic E-state index is 13.5. The number of fused-ring (bicyclic) bond motifs is 4. The molecule has 0 spiro atoms. The van der Waals surface area contributed by atoms with Crippen molar-refractivity contribution in [3.05, 3.63) is 77.1 Å². The van der Waals surface area contributed by atoms with Gasteiger partial charge in [-0.25, -0.2) is 0 Å². The van der Waals surface area contributed by atoms with E-state index >= 15 is 0 Å². The first-order chi connectivity index (χ1) is 16.2.